The SMILES string of the molecule is CCCCCCCCCCCC1NC(=O)C2(CC(C)(C)NC(C)(C)C2)O1.CCCCCCCCCCCCC1CC(=O)N(C2CC(C)(C)N(C)C(C)(C)C2)C1=O. The highest BCUT2D eigenvalue weighted by molar-refractivity contribution is 6.03. The second kappa shape index (κ2) is 22.2. The van der Waals surface area contributed by atoms with Crippen LogP contribution in [-0.4, -0.2) is 74.6 Å². The first-order valence-electron chi connectivity index (χ1n) is 23.7. The first-order chi connectivity index (χ1) is 26.3. The average molecular weight is 787 g/mol. The lowest BCUT2D eigenvalue weighted by Gasteiger charge is -2.54. The zero-order valence-electron chi connectivity index (χ0n) is 38.6. The van der Waals surface area contributed by atoms with Crippen LogP contribution in [-0.2, 0) is 19.1 Å². The molecule has 3 amide bonds. The van der Waals surface area contributed by atoms with Gasteiger partial charge in [-0.15, -0.1) is 0 Å². The molecule has 2 unspecified atom stereocenters. The second-order valence-corrected chi connectivity index (χ2v) is 21.2. The van der Waals surface area contributed by atoms with Crippen LogP contribution >= 0.6 is 0 Å². The Labute approximate surface area is 345 Å². The molecule has 1 spiro atoms. The highest BCUT2D eigenvalue weighted by Gasteiger charge is 2.57. The molecule has 8 heteroatoms. The summed E-state index contributed by atoms with van der Waals surface area (Å²) in [5.74, 6) is 0.203. The van der Waals surface area contributed by atoms with Gasteiger partial charge in [-0.05, 0) is 94.5 Å². The van der Waals surface area contributed by atoms with Crippen LogP contribution in [0.2, 0.25) is 0 Å². The van der Waals surface area contributed by atoms with Gasteiger partial charge in [0.1, 0.15) is 6.23 Å². The predicted molar refractivity (Wildman–Crippen MR) is 233 cm³/mol. The Morgan fingerprint density at radius 3 is 1.46 bits per heavy atom. The number of piperidine rings is 2. The number of ether oxygens (including phenoxy) is 1. The van der Waals surface area contributed by atoms with E-state index in [1.807, 2.05) is 0 Å². The summed E-state index contributed by atoms with van der Waals surface area (Å²) in [6.45, 7) is 22.1. The number of amides is 3. The molecule has 0 aliphatic carbocycles. The lowest BCUT2D eigenvalue weighted by atomic mass is 9.72. The van der Waals surface area contributed by atoms with Crippen molar-refractivity contribution in [1.29, 1.82) is 0 Å². The lowest BCUT2D eigenvalue weighted by molar-refractivity contribution is -0.147. The van der Waals surface area contributed by atoms with Crippen LogP contribution in [0.4, 0.5) is 0 Å². The van der Waals surface area contributed by atoms with E-state index in [-0.39, 0.29) is 58.1 Å². The molecule has 56 heavy (non-hydrogen) atoms. The third-order valence-electron chi connectivity index (χ3n) is 13.6. The Morgan fingerprint density at radius 2 is 1.02 bits per heavy atom. The standard InChI is InChI=1S/C26H48N2O2.C22H42N2O2/c1-7-8-9-10-11-12-13-14-15-16-17-21-18-23(29)28(24(21)30)22-19-25(2,3)27(6)26(4,5)20-22;1-6-7-8-9-10-11-12-13-14-15-18-23-19(25)22(26-18)16-20(2,3)24-21(4,5)17-22/h21-22H,7-20H2,1-6H3;18,24H,6-17H2,1-5H3,(H,23,25). The fourth-order valence-corrected chi connectivity index (χ4v) is 10.8. The topological polar surface area (TPSA) is 91.0 Å². The fourth-order valence-electron chi connectivity index (χ4n) is 10.8. The fraction of sp³-hybridized carbons (Fsp3) is 0.938. The van der Waals surface area contributed by atoms with Crippen molar-refractivity contribution in [2.24, 2.45) is 5.92 Å². The molecule has 4 aliphatic heterocycles. The molecule has 0 aromatic carbocycles. The van der Waals surface area contributed by atoms with Gasteiger partial charge in [-0.3, -0.25) is 24.2 Å². The second-order valence-electron chi connectivity index (χ2n) is 21.2. The molecule has 326 valence electrons. The molecule has 4 aliphatic rings. The Kier molecular flexibility index (Phi) is 19.4. The first-order valence-corrected chi connectivity index (χ1v) is 23.7. The molecule has 2 atom stereocenters. The number of carbonyl (C=O) groups excluding carboxylic acids is 3. The third kappa shape index (κ3) is 14.9. The number of imide groups is 1. The minimum atomic E-state index is -0.651. The number of rotatable bonds is 22. The van der Waals surface area contributed by atoms with E-state index in [9.17, 15) is 14.4 Å². The third-order valence-corrected chi connectivity index (χ3v) is 13.6. The van der Waals surface area contributed by atoms with Crippen LogP contribution in [0, 0.1) is 5.92 Å². The molecule has 0 saturated carbocycles. The number of unbranched alkanes of at least 4 members (excludes halogenated alkanes) is 17. The molecule has 0 aromatic heterocycles. The summed E-state index contributed by atoms with van der Waals surface area (Å²) in [7, 11) is 2.16. The van der Waals surface area contributed by atoms with Crippen molar-refractivity contribution in [1.82, 2.24) is 20.4 Å². The normalized spacial score (nSPS) is 25.4. The summed E-state index contributed by atoms with van der Waals surface area (Å²) < 4.78 is 6.34. The zero-order valence-corrected chi connectivity index (χ0v) is 38.6. The Hall–Kier alpha value is -1.51. The van der Waals surface area contributed by atoms with Crippen molar-refractivity contribution in [3.63, 3.8) is 0 Å². The zero-order chi connectivity index (χ0) is 41.6. The monoisotopic (exact) mass is 787 g/mol. The van der Waals surface area contributed by atoms with E-state index >= 15 is 0 Å². The highest BCUT2D eigenvalue weighted by Crippen LogP contribution is 2.43. The molecule has 0 bridgehead atoms. The van der Waals surface area contributed by atoms with Crippen LogP contribution < -0.4 is 10.6 Å². The maximum Gasteiger partial charge on any atom is 0.254 e. The van der Waals surface area contributed by atoms with Gasteiger partial charge in [0.25, 0.3) is 5.91 Å². The van der Waals surface area contributed by atoms with Gasteiger partial charge in [0.05, 0.1) is 0 Å². The summed E-state index contributed by atoms with van der Waals surface area (Å²) in [5.41, 5.74) is -0.858. The van der Waals surface area contributed by atoms with E-state index in [4.69, 9.17) is 4.74 Å². The number of likely N-dealkylation sites (tertiary alicyclic amines) is 2. The summed E-state index contributed by atoms with van der Waals surface area (Å²) in [5, 5.41) is 6.77. The van der Waals surface area contributed by atoms with Crippen molar-refractivity contribution < 1.29 is 19.1 Å². The van der Waals surface area contributed by atoms with E-state index in [0.29, 0.717) is 6.42 Å². The molecule has 4 saturated heterocycles. The Morgan fingerprint density at radius 1 is 0.607 bits per heavy atom. The number of hydrogen-bond donors (Lipinski definition) is 2. The van der Waals surface area contributed by atoms with Crippen LogP contribution in [0.1, 0.15) is 236 Å². The smallest absolute Gasteiger partial charge is 0.254 e. The lowest BCUT2D eigenvalue weighted by Crippen LogP contribution is -2.65. The first kappa shape index (κ1) is 48.9. The average Bonchev–Trinajstić information content (AvgIpc) is 3.53. The highest BCUT2D eigenvalue weighted by atomic mass is 16.5. The number of carbonyl (C=O) groups is 3. The minimum absolute atomic E-state index is 0.0123. The summed E-state index contributed by atoms with van der Waals surface area (Å²) >= 11 is 0. The van der Waals surface area contributed by atoms with E-state index in [1.54, 1.807) is 4.90 Å². The molecule has 0 radical (unpaired) electrons. The van der Waals surface area contributed by atoms with E-state index in [0.717, 1.165) is 51.4 Å². The largest absolute Gasteiger partial charge is 0.342 e. The van der Waals surface area contributed by atoms with Crippen LogP contribution in [0.15, 0.2) is 0 Å². The van der Waals surface area contributed by atoms with Gasteiger partial charge in [-0.1, -0.05) is 129 Å². The summed E-state index contributed by atoms with van der Waals surface area (Å²) in [6, 6.07) is 0.0453. The van der Waals surface area contributed by atoms with E-state index < -0.39 is 5.60 Å². The molecule has 4 rings (SSSR count). The van der Waals surface area contributed by atoms with Crippen molar-refractivity contribution in [2.75, 3.05) is 7.05 Å². The van der Waals surface area contributed by atoms with Gasteiger partial charge >= 0.3 is 0 Å². The molecule has 8 nitrogen and oxygen atoms in total. The molecule has 2 N–H and O–H groups in total. The Bertz CT molecular complexity index is 1180. The maximum absolute atomic E-state index is 13.1. The Balaban J connectivity index is 0.000000303. The van der Waals surface area contributed by atoms with E-state index in [2.05, 4.69) is 91.8 Å². The van der Waals surface area contributed by atoms with Gasteiger partial charge in [0.15, 0.2) is 5.60 Å². The predicted octanol–water partition coefficient (Wildman–Crippen LogP) is 11.4. The summed E-state index contributed by atoms with van der Waals surface area (Å²) in [4.78, 5) is 42.7. The molecule has 4 heterocycles. The van der Waals surface area contributed by atoms with Gasteiger partial charge in [-0.25, -0.2) is 0 Å². The molecule has 0 aromatic rings. The van der Waals surface area contributed by atoms with Crippen molar-refractivity contribution in [3.05, 3.63) is 0 Å². The van der Waals surface area contributed by atoms with Crippen molar-refractivity contribution in [3.8, 4) is 0 Å². The van der Waals surface area contributed by atoms with Gasteiger partial charge in [-0.2, -0.15) is 0 Å². The van der Waals surface area contributed by atoms with Crippen molar-refractivity contribution in [2.45, 2.75) is 276 Å². The molecular formula is C48H90N4O4. The van der Waals surface area contributed by atoms with Crippen molar-refractivity contribution >= 4 is 17.7 Å². The quantitative estimate of drug-likeness (QED) is 0.0839. The number of nitrogens with one attached hydrogen (secondary N) is 2. The maximum atomic E-state index is 13.1. The number of nitrogens with zero attached hydrogens (tertiary/aromatic N) is 2. The van der Waals surface area contributed by atoms with Crippen LogP contribution in [0.5, 0.6) is 0 Å². The molecular weight excluding hydrogens is 697 g/mol. The summed E-state index contributed by atoms with van der Waals surface area (Å²) in [6.07, 6.45) is 30.3. The van der Waals surface area contributed by atoms with Crippen LogP contribution in [0.25, 0.3) is 0 Å². The van der Waals surface area contributed by atoms with E-state index in [1.165, 1.54) is 109 Å². The van der Waals surface area contributed by atoms with Crippen LogP contribution in [0.3, 0.4) is 0 Å². The van der Waals surface area contributed by atoms with Gasteiger partial charge in [0.2, 0.25) is 11.8 Å². The number of hydrogen-bond acceptors (Lipinski definition) is 6. The minimum Gasteiger partial charge on any atom is -0.342 e. The molecule has 4 fully saturated rings. The van der Waals surface area contributed by atoms with Gasteiger partial charge < -0.3 is 15.4 Å². The van der Waals surface area contributed by atoms with Gasteiger partial charge in [0, 0.05) is 53.4 Å².